The van der Waals surface area contributed by atoms with Gasteiger partial charge in [0.25, 0.3) is 0 Å². The third kappa shape index (κ3) is 1.16. The fourth-order valence-corrected chi connectivity index (χ4v) is 2.11. The van der Waals surface area contributed by atoms with Gasteiger partial charge >= 0.3 is 0 Å². The molecule has 0 unspecified atom stereocenters. The highest BCUT2D eigenvalue weighted by Gasteiger charge is 2.12. The first-order valence-corrected chi connectivity index (χ1v) is 5.02. The van der Waals surface area contributed by atoms with Crippen molar-refractivity contribution in [3.63, 3.8) is 0 Å². The van der Waals surface area contributed by atoms with Gasteiger partial charge < -0.3 is 0 Å². The maximum Gasteiger partial charge on any atom is 0.243 e. The lowest BCUT2D eigenvalue weighted by atomic mass is 10.1. The summed E-state index contributed by atoms with van der Waals surface area (Å²) < 4.78 is 0. The van der Waals surface area contributed by atoms with Gasteiger partial charge in [0.05, 0.1) is 5.52 Å². The minimum atomic E-state index is 0.218. The van der Waals surface area contributed by atoms with E-state index in [0.717, 1.165) is 23.9 Å². The van der Waals surface area contributed by atoms with Gasteiger partial charge in [-0.3, -0.25) is 0 Å². The number of fused-ring (bicyclic) bond motifs is 2. The van der Waals surface area contributed by atoms with E-state index in [2.05, 4.69) is 27.3 Å². The molecule has 0 bridgehead atoms. The summed E-state index contributed by atoms with van der Waals surface area (Å²) in [7, 11) is 0. The first-order chi connectivity index (χ1) is 6.83. The lowest BCUT2D eigenvalue weighted by Gasteiger charge is -2.00. The molecule has 1 aromatic heterocycles. The Bertz CT molecular complexity index is 510. The highest BCUT2D eigenvalue weighted by Crippen LogP contribution is 2.25. The van der Waals surface area contributed by atoms with Crippen molar-refractivity contribution in [2.75, 3.05) is 0 Å². The number of aryl methyl sites for hydroxylation is 2. The number of rotatable bonds is 0. The highest BCUT2D eigenvalue weighted by molar-refractivity contribution is 6.28. The molecule has 70 valence electrons. The molecule has 0 amide bonds. The summed E-state index contributed by atoms with van der Waals surface area (Å²) in [5.74, 6) is 0. The zero-order valence-electron chi connectivity index (χ0n) is 7.50. The first-order valence-electron chi connectivity index (χ1n) is 4.65. The van der Waals surface area contributed by atoms with Crippen LogP contribution < -0.4 is 0 Å². The van der Waals surface area contributed by atoms with Gasteiger partial charge in [0.2, 0.25) is 5.28 Å². The average molecular weight is 206 g/mol. The molecule has 1 aromatic carbocycles. The van der Waals surface area contributed by atoms with Gasteiger partial charge in [-0.05, 0) is 54.1 Å². The summed E-state index contributed by atoms with van der Waals surface area (Å²) in [4.78, 5) is 4.14. The predicted molar refractivity (Wildman–Crippen MR) is 54.4 cm³/mol. The van der Waals surface area contributed by atoms with E-state index in [1.165, 1.54) is 17.5 Å². The summed E-state index contributed by atoms with van der Waals surface area (Å²) >= 11 is 5.68. The molecule has 0 aliphatic heterocycles. The van der Waals surface area contributed by atoms with Gasteiger partial charge in [-0.25, -0.2) is 4.98 Å². The second-order valence-electron chi connectivity index (χ2n) is 3.54. The van der Waals surface area contributed by atoms with Crippen molar-refractivity contribution in [3.05, 3.63) is 28.5 Å². The van der Waals surface area contributed by atoms with E-state index in [4.69, 9.17) is 11.6 Å². The Morgan fingerprint density at radius 1 is 1.00 bits per heavy atom. The van der Waals surface area contributed by atoms with Crippen LogP contribution in [0.5, 0.6) is 0 Å². The lowest BCUT2D eigenvalue weighted by Crippen LogP contribution is -1.92. The fraction of sp³-hybridized carbons (Fsp3) is 0.300. The molecule has 4 heteroatoms. The average Bonchev–Trinajstić information content (AvgIpc) is 2.61. The third-order valence-electron chi connectivity index (χ3n) is 2.64. The van der Waals surface area contributed by atoms with Crippen LogP contribution in [-0.4, -0.2) is 15.2 Å². The lowest BCUT2D eigenvalue weighted by molar-refractivity contribution is 0.912. The van der Waals surface area contributed by atoms with Crippen LogP contribution in [0.3, 0.4) is 0 Å². The van der Waals surface area contributed by atoms with E-state index < -0.39 is 0 Å². The molecule has 1 aliphatic carbocycles. The van der Waals surface area contributed by atoms with Crippen LogP contribution in [0.25, 0.3) is 11.0 Å². The van der Waals surface area contributed by atoms with Gasteiger partial charge in [-0.2, -0.15) is 0 Å². The van der Waals surface area contributed by atoms with Crippen LogP contribution in [0, 0.1) is 0 Å². The quantitative estimate of drug-likeness (QED) is 0.662. The molecule has 2 aromatic rings. The highest BCUT2D eigenvalue weighted by atomic mass is 35.5. The Balaban J connectivity index is 2.33. The van der Waals surface area contributed by atoms with Crippen LogP contribution in [0.1, 0.15) is 17.5 Å². The van der Waals surface area contributed by atoms with Crippen LogP contribution in [-0.2, 0) is 12.8 Å². The van der Waals surface area contributed by atoms with Gasteiger partial charge in [0.15, 0.2) is 0 Å². The monoisotopic (exact) mass is 205 g/mol. The minimum Gasteiger partial charge on any atom is -0.215 e. The van der Waals surface area contributed by atoms with Crippen LogP contribution >= 0.6 is 11.6 Å². The largest absolute Gasteiger partial charge is 0.243 e. The van der Waals surface area contributed by atoms with Crippen molar-refractivity contribution in [3.8, 4) is 0 Å². The van der Waals surface area contributed by atoms with Crippen molar-refractivity contribution >= 4 is 22.6 Å². The van der Waals surface area contributed by atoms with Gasteiger partial charge in [0.1, 0.15) is 5.52 Å². The Labute approximate surface area is 86.1 Å². The number of benzene rings is 1. The zero-order chi connectivity index (χ0) is 9.54. The molecule has 1 heterocycles. The predicted octanol–water partition coefficient (Wildman–Crippen LogP) is 2.17. The smallest absolute Gasteiger partial charge is 0.215 e. The first kappa shape index (κ1) is 8.12. The summed E-state index contributed by atoms with van der Waals surface area (Å²) in [5.41, 5.74) is 4.46. The summed E-state index contributed by atoms with van der Waals surface area (Å²) in [5, 5.41) is 7.97. The van der Waals surface area contributed by atoms with Crippen molar-refractivity contribution in [2.24, 2.45) is 0 Å². The second-order valence-corrected chi connectivity index (χ2v) is 3.88. The number of nitrogens with zero attached hydrogens (tertiary/aromatic N) is 3. The number of hydrogen-bond acceptors (Lipinski definition) is 3. The van der Waals surface area contributed by atoms with Crippen molar-refractivity contribution in [1.29, 1.82) is 0 Å². The van der Waals surface area contributed by atoms with Gasteiger partial charge in [0, 0.05) is 0 Å². The number of hydrogen-bond donors (Lipinski definition) is 0. The maximum atomic E-state index is 5.68. The summed E-state index contributed by atoms with van der Waals surface area (Å²) in [6, 6.07) is 4.16. The number of aromatic nitrogens is 3. The molecular weight excluding hydrogens is 198 g/mol. The van der Waals surface area contributed by atoms with Gasteiger partial charge in [-0.15, -0.1) is 10.2 Å². The van der Waals surface area contributed by atoms with Gasteiger partial charge in [-0.1, -0.05) is 0 Å². The molecule has 0 saturated heterocycles. The molecule has 0 N–H and O–H groups in total. The van der Waals surface area contributed by atoms with E-state index in [9.17, 15) is 0 Å². The Kier molecular flexibility index (Phi) is 1.67. The van der Waals surface area contributed by atoms with E-state index in [1.807, 2.05) is 0 Å². The van der Waals surface area contributed by atoms with E-state index in [0.29, 0.717) is 0 Å². The second kappa shape index (κ2) is 2.89. The molecular formula is C10H8ClN3. The molecule has 3 rings (SSSR count). The van der Waals surface area contributed by atoms with Crippen molar-refractivity contribution in [1.82, 2.24) is 15.2 Å². The zero-order valence-corrected chi connectivity index (χ0v) is 8.25. The summed E-state index contributed by atoms with van der Waals surface area (Å²) in [6.07, 6.45) is 3.52. The number of halogens is 1. The molecule has 0 radical (unpaired) electrons. The maximum absolute atomic E-state index is 5.68. The fourth-order valence-electron chi connectivity index (χ4n) is 1.98. The molecule has 0 saturated carbocycles. The Morgan fingerprint density at radius 2 is 1.71 bits per heavy atom. The van der Waals surface area contributed by atoms with E-state index >= 15 is 0 Å². The normalized spacial score (nSPS) is 14.6. The SMILES string of the molecule is Clc1nnc2cc3c(cc2n1)CCC3. The van der Waals surface area contributed by atoms with E-state index in [1.54, 1.807) is 0 Å². The molecule has 0 atom stereocenters. The topological polar surface area (TPSA) is 38.7 Å². The van der Waals surface area contributed by atoms with Crippen LogP contribution in [0.2, 0.25) is 5.28 Å². The molecule has 1 aliphatic rings. The van der Waals surface area contributed by atoms with E-state index in [-0.39, 0.29) is 5.28 Å². The molecule has 14 heavy (non-hydrogen) atoms. The van der Waals surface area contributed by atoms with Crippen LogP contribution in [0.15, 0.2) is 12.1 Å². The Hall–Kier alpha value is -1.22. The standard InChI is InChI=1S/C10H8ClN3/c11-10-12-8-4-6-2-1-3-7(6)5-9(8)13-14-10/h4-5H,1-3H2. The molecule has 3 nitrogen and oxygen atoms in total. The van der Waals surface area contributed by atoms with Crippen LogP contribution in [0.4, 0.5) is 0 Å². The third-order valence-corrected chi connectivity index (χ3v) is 2.80. The molecule has 0 fully saturated rings. The van der Waals surface area contributed by atoms with Crippen molar-refractivity contribution in [2.45, 2.75) is 19.3 Å². The Morgan fingerprint density at radius 3 is 2.50 bits per heavy atom. The minimum absolute atomic E-state index is 0.218. The summed E-state index contributed by atoms with van der Waals surface area (Å²) in [6.45, 7) is 0. The van der Waals surface area contributed by atoms with Crippen molar-refractivity contribution < 1.29 is 0 Å². The molecule has 0 spiro atoms.